The van der Waals surface area contributed by atoms with Crippen LogP contribution in [0.3, 0.4) is 0 Å². The van der Waals surface area contributed by atoms with Crippen LogP contribution in [0.1, 0.15) is 36.9 Å². The van der Waals surface area contributed by atoms with Crippen LogP contribution in [-0.4, -0.2) is 42.3 Å². The second-order valence-electron chi connectivity index (χ2n) is 5.54. The van der Waals surface area contributed by atoms with Crippen LogP contribution < -0.4 is 5.32 Å². The van der Waals surface area contributed by atoms with E-state index in [1.165, 1.54) is 24.0 Å². The number of rotatable bonds is 6. The van der Waals surface area contributed by atoms with Crippen LogP contribution >= 0.6 is 0 Å². The minimum absolute atomic E-state index is 0.225. The Morgan fingerprint density at radius 3 is 2.84 bits per heavy atom. The van der Waals surface area contributed by atoms with E-state index in [1.807, 2.05) is 0 Å². The lowest BCUT2D eigenvalue weighted by molar-refractivity contribution is 0.147. The predicted octanol–water partition coefficient (Wildman–Crippen LogP) is 2.10. The summed E-state index contributed by atoms with van der Waals surface area (Å²) in [6.07, 6.45) is 2.53. The van der Waals surface area contributed by atoms with E-state index in [2.05, 4.69) is 48.3 Å². The lowest BCUT2D eigenvalue weighted by Gasteiger charge is -2.32. The topological polar surface area (TPSA) is 35.5 Å². The SMILES string of the molecule is Cc1ccccc1C(C)N(CCO)CC1CCCN1. The number of nitrogens with zero attached hydrogens (tertiary/aromatic N) is 1. The maximum absolute atomic E-state index is 9.31. The molecule has 2 N–H and O–H groups in total. The van der Waals surface area contributed by atoms with Gasteiger partial charge in [-0.25, -0.2) is 0 Å². The fourth-order valence-corrected chi connectivity index (χ4v) is 3.02. The molecule has 0 amide bonds. The zero-order valence-electron chi connectivity index (χ0n) is 12.1. The van der Waals surface area contributed by atoms with Gasteiger partial charge in [0.05, 0.1) is 6.61 Å². The zero-order chi connectivity index (χ0) is 13.7. The van der Waals surface area contributed by atoms with Crippen LogP contribution in [0, 0.1) is 6.92 Å². The van der Waals surface area contributed by atoms with Gasteiger partial charge >= 0.3 is 0 Å². The van der Waals surface area contributed by atoms with Crippen LogP contribution in [-0.2, 0) is 0 Å². The van der Waals surface area contributed by atoms with Crippen molar-refractivity contribution in [3.05, 3.63) is 35.4 Å². The van der Waals surface area contributed by atoms with E-state index in [0.29, 0.717) is 12.1 Å². The van der Waals surface area contributed by atoms with E-state index in [0.717, 1.165) is 19.6 Å². The van der Waals surface area contributed by atoms with Crippen molar-refractivity contribution < 1.29 is 5.11 Å². The Labute approximate surface area is 116 Å². The molecule has 1 aromatic carbocycles. The Balaban J connectivity index is 2.06. The van der Waals surface area contributed by atoms with Gasteiger partial charge in [0.15, 0.2) is 0 Å². The van der Waals surface area contributed by atoms with Gasteiger partial charge in [0.1, 0.15) is 0 Å². The Morgan fingerprint density at radius 1 is 1.42 bits per heavy atom. The minimum atomic E-state index is 0.225. The molecule has 0 aromatic heterocycles. The fraction of sp³-hybridized carbons (Fsp3) is 0.625. The maximum atomic E-state index is 9.31. The number of hydrogen-bond acceptors (Lipinski definition) is 3. The predicted molar refractivity (Wildman–Crippen MR) is 79.3 cm³/mol. The summed E-state index contributed by atoms with van der Waals surface area (Å²) in [6.45, 7) is 7.53. The van der Waals surface area contributed by atoms with E-state index < -0.39 is 0 Å². The van der Waals surface area contributed by atoms with Crippen molar-refractivity contribution in [1.82, 2.24) is 10.2 Å². The van der Waals surface area contributed by atoms with Gasteiger partial charge in [0.25, 0.3) is 0 Å². The van der Waals surface area contributed by atoms with Crippen LogP contribution in [0.15, 0.2) is 24.3 Å². The Kier molecular flexibility index (Phi) is 5.37. The molecule has 0 spiro atoms. The molecule has 3 heteroatoms. The Hall–Kier alpha value is -0.900. The normalized spacial score (nSPS) is 20.9. The highest BCUT2D eigenvalue weighted by atomic mass is 16.3. The molecule has 0 bridgehead atoms. The van der Waals surface area contributed by atoms with Crippen molar-refractivity contribution in [3.8, 4) is 0 Å². The monoisotopic (exact) mass is 262 g/mol. The quantitative estimate of drug-likeness (QED) is 0.824. The first-order chi connectivity index (χ1) is 9.22. The second-order valence-corrected chi connectivity index (χ2v) is 5.54. The summed E-state index contributed by atoms with van der Waals surface area (Å²) in [7, 11) is 0. The first-order valence-electron chi connectivity index (χ1n) is 7.36. The molecule has 2 atom stereocenters. The van der Waals surface area contributed by atoms with Crippen LogP contribution in [0.25, 0.3) is 0 Å². The molecule has 1 saturated heterocycles. The number of aliphatic hydroxyl groups is 1. The van der Waals surface area contributed by atoms with E-state index >= 15 is 0 Å². The van der Waals surface area contributed by atoms with Crippen molar-refractivity contribution in [2.24, 2.45) is 0 Å². The molecule has 1 fully saturated rings. The smallest absolute Gasteiger partial charge is 0.0558 e. The lowest BCUT2D eigenvalue weighted by atomic mass is 10.0. The van der Waals surface area contributed by atoms with Gasteiger partial charge in [-0.2, -0.15) is 0 Å². The van der Waals surface area contributed by atoms with Gasteiger partial charge in [0, 0.05) is 25.2 Å². The molecule has 3 nitrogen and oxygen atoms in total. The Morgan fingerprint density at radius 2 is 2.21 bits per heavy atom. The summed E-state index contributed by atoms with van der Waals surface area (Å²) in [6, 6.07) is 9.49. The Bertz CT molecular complexity index is 388. The van der Waals surface area contributed by atoms with E-state index in [9.17, 15) is 5.11 Å². The molecular weight excluding hydrogens is 236 g/mol. The molecule has 1 aromatic rings. The molecule has 1 heterocycles. The molecule has 1 aliphatic heterocycles. The molecule has 1 aliphatic rings. The standard InChI is InChI=1S/C16H26N2O/c1-13-6-3-4-8-16(13)14(2)18(10-11-19)12-15-7-5-9-17-15/h3-4,6,8,14-15,17,19H,5,7,9-12H2,1-2H3. The minimum Gasteiger partial charge on any atom is -0.395 e. The number of hydrogen-bond donors (Lipinski definition) is 2. The number of benzene rings is 1. The van der Waals surface area contributed by atoms with Gasteiger partial charge in [-0.05, 0) is 44.4 Å². The molecule has 0 saturated carbocycles. The summed E-state index contributed by atoms with van der Waals surface area (Å²) < 4.78 is 0. The average Bonchev–Trinajstić information content (AvgIpc) is 2.91. The molecule has 2 rings (SSSR count). The number of nitrogens with one attached hydrogen (secondary N) is 1. The van der Waals surface area contributed by atoms with Gasteiger partial charge < -0.3 is 10.4 Å². The van der Waals surface area contributed by atoms with Crippen molar-refractivity contribution in [3.63, 3.8) is 0 Å². The first kappa shape index (κ1) is 14.5. The first-order valence-corrected chi connectivity index (χ1v) is 7.36. The summed E-state index contributed by atoms with van der Waals surface area (Å²) >= 11 is 0. The zero-order valence-corrected chi connectivity index (χ0v) is 12.1. The highest BCUT2D eigenvalue weighted by Gasteiger charge is 2.22. The third kappa shape index (κ3) is 3.78. The summed E-state index contributed by atoms with van der Waals surface area (Å²) in [4.78, 5) is 2.39. The molecule has 0 radical (unpaired) electrons. The molecular formula is C16H26N2O. The summed E-state index contributed by atoms with van der Waals surface area (Å²) in [5, 5.41) is 12.9. The fourth-order valence-electron chi connectivity index (χ4n) is 3.02. The largest absolute Gasteiger partial charge is 0.395 e. The average molecular weight is 262 g/mol. The van der Waals surface area contributed by atoms with E-state index in [1.54, 1.807) is 0 Å². The van der Waals surface area contributed by atoms with Gasteiger partial charge in [-0.3, -0.25) is 4.90 Å². The highest BCUT2D eigenvalue weighted by molar-refractivity contribution is 5.28. The molecule has 19 heavy (non-hydrogen) atoms. The summed E-state index contributed by atoms with van der Waals surface area (Å²) in [5.41, 5.74) is 2.70. The van der Waals surface area contributed by atoms with Crippen molar-refractivity contribution >= 4 is 0 Å². The molecule has 106 valence electrons. The molecule has 2 unspecified atom stereocenters. The van der Waals surface area contributed by atoms with Gasteiger partial charge in [-0.15, -0.1) is 0 Å². The lowest BCUT2D eigenvalue weighted by Crippen LogP contribution is -2.40. The maximum Gasteiger partial charge on any atom is 0.0558 e. The second kappa shape index (κ2) is 7.04. The number of aliphatic hydroxyl groups excluding tert-OH is 1. The van der Waals surface area contributed by atoms with Crippen molar-refractivity contribution in [2.45, 2.75) is 38.8 Å². The molecule has 0 aliphatic carbocycles. The third-order valence-corrected chi connectivity index (χ3v) is 4.19. The summed E-state index contributed by atoms with van der Waals surface area (Å²) in [5.74, 6) is 0. The van der Waals surface area contributed by atoms with Crippen molar-refractivity contribution in [2.75, 3.05) is 26.2 Å². The third-order valence-electron chi connectivity index (χ3n) is 4.19. The van der Waals surface area contributed by atoms with E-state index in [4.69, 9.17) is 0 Å². The number of aryl methyl sites for hydroxylation is 1. The van der Waals surface area contributed by atoms with Gasteiger partial charge in [0.2, 0.25) is 0 Å². The van der Waals surface area contributed by atoms with Crippen LogP contribution in [0.2, 0.25) is 0 Å². The van der Waals surface area contributed by atoms with Crippen LogP contribution in [0.4, 0.5) is 0 Å². The van der Waals surface area contributed by atoms with E-state index in [-0.39, 0.29) is 6.61 Å². The highest BCUT2D eigenvalue weighted by Crippen LogP contribution is 2.24. The van der Waals surface area contributed by atoms with Crippen molar-refractivity contribution in [1.29, 1.82) is 0 Å². The van der Waals surface area contributed by atoms with Crippen LogP contribution in [0.5, 0.6) is 0 Å². The van der Waals surface area contributed by atoms with Gasteiger partial charge in [-0.1, -0.05) is 24.3 Å².